The molecule has 0 aliphatic carbocycles. The van der Waals surface area contributed by atoms with Crippen molar-refractivity contribution >= 4 is 36.7 Å². The maximum Gasteiger partial charge on any atom is 0.410 e. The quantitative estimate of drug-likeness (QED) is 0.280. The molecular weight excluding hydrogens is 320 g/mol. The first kappa shape index (κ1) is 21.3. The molecule has 9 heteroatoms. The van der Waals surface area contributed by atoms with Gasteiger partial charge in [0.05, 0.1) is 5.41 Å². The van der Waals surface area contributed by atoms with Gasteiger partial charge in [-0.2, -0.15) is 0 Å². The highest BCUT2D eigenvalue weighted by molar-refractivity contribution is 6.27. The van der Waals surface area contributed by atoms with Gasteiger partial charge in [0.25, 0.3) is 6.72 Å². The number of ether oxygens (including phenoxy) is 2. The number of ketones is 1. The summed E-state index contributed by atoms with van der Waals surface area (Å²) in [5.74, 6) is -2.32. The normalized spacial score (nSPS) is 13.0. The average molecular weight is 343 g/mol. The molecule has 0 aliphatic heterocycles. The fraction of sp³-hybridized carbons (Fsp3) is 0.600. The van der Waals surface area contributed by atoms with Gasteiger partial charge in [0, 0.05) is 13.3 Å². The number of aliphatic carboxylic acids is 1. The first-order valence-corrected chi connectivity index (χ1v) is 7.20. The summed E-state index contributed by atoms with van der Waals surface area (Å²) < 4.78 is 13.0. The fourth-order valence-corrected chi connectivity index (χ4v) is 1.39. The molecule has 0 heterocycles. The minimum Gasteiger partial charge on any atom is -0.480 e. The van der Waals surface area contributed by atoms with E-state index in [1.54, 1.807) is 20.8 Å². The van der Waals surface area contributed by atoms with Gasteiger partial charge in [0.2, 0.25) is 12.1 Å². The number of carbonyl (C=O) groups excluding carboxylic acids is 3. The Bertz CT molecular complexity index is 545. The van der Waals surface area contributed by atoms with E-state index in [9.17, 15) is 19.2 Å². The molecule has 0 saturated heterocycles. The van der Waals surface area contributed by atoms with E-state index in [2.05, 4.69) is 16.7 Å². The van der Waals surface area contributed by atoms with Crippen molar-refractivity contribution < 1.29 is 33.8 Å². The van der Waals surface area contributed by atoms with Gasteiger partial charge >= 0.3 is 24.2 Å². The van der Waals surface area contributed by atoms with Gasteiger partial charge in [-0.15, -0.1) is 4.67 Å². The molecule has 0 fully saturated rings. The second-order valence-corrected chi connectivity index (χ2v) is 5.98. The van der Waals surface area contributed by atoms with Crippen LogP contribution in [0.2, 0.25) is 0 Å². The summed E-state index contributed by atoms with van der Waals surface area (Å²) >= 11 is 0. The van der Waals surface area contributed by atoms with Gasteiger partial charge in [-0.05, 0) is 27.2 Å². The Morgan fingerprint density at radius 3 is 2.29 bits per heavy atom. The third-order valence-corrected chi connectivity index (χ3v) is 2.66. The largest absolute Gasteiger partial charge is 0.480 e. The van der Waals surface area contributed by atoms with Gasteiger partial charge in [0.15, 0.2) is 0 Å². The molecule has 2 atom stereocenters. The summed E-state index contributed by atoms with van der Waals surface area (Å²) in [6.07, 6.45) is -1.58. The molecule has 0 aliphatic rings. The van der Waals surface area contributed by atoms with Crippen molar-refractivity contribution in [3.05, 3.63) is 0 Å². The summed E-state index contributed by atoms with van der Waals surface area (Å²) in [6.45, 7) is 9.34. The van der Waals surface area contributed by atoms with Crippen molar-refractivity contribution in [1.82, 2.24) is 9.98 Å². The highest BCUT2D eigenvalue weighted by Gasteiger charge is 2.27. The second-order valence-electron chi connectivity index (χ2n) is 5.98. The molecule has 9 nitrogen and oxygen atoms in total. The lowest BCUT2D eigenvalue weighted by atomic mass is 9.97. The smallest absolute Gasteiger partial charge is 0.410 e. The minimum absolute atomic E-state index is 0.134. The lowest BCUT2D eigenvalue weighted by Gasteiger charge is -2.21. The monoisotopic (exact) mass is 343 g/mol. The number of Topliss-reactive ketones (excluding diaryl/α,β-unsaturated/α-hetero) is 1. The van der Waals surface area contributed by atoms with Crippen LogP contribution in [0, 0.1) is 5.41 Å². The van der Waals surface area contributed by atoms with Crippen molar-refractivity contribution in [1.29, 1.82) is 0 Å². The zero-order valence-corrected chi connectivity index (χ0v) is 14.2. The molecule has 0 rings (SSSR count). The molecule has 0 aromatic heterocycles. The summed E-state index contributed by atoms with van der Waals surface area (Å²) in [7, 11) is 0. The highest BCUT2D eigenvalue weighted by atomic mass is 16.7. The summed E-state index contributed by atoms with van der Waals surface area (Å²) in [6, 6.07) is -1.33. The molecule has 24 heavy (non-hydrogen) atoms. The van der Waals surface area contributed by atoms with Gasteiger partial charge in [-0.25, -0.2) is 9.59 Å². The Kier molecular flexibility index (Phi) is 8.41. The lowest BCUT2D eigenvalue weighted by molar-refractivity contribution is -0.174. The first-order valence-electron chi connectivity index (χ1n) is 7.20. The Balaban J connectivity index is 4.52. The number of carbonyl (C=O) groups is 4. The minimum atomic E-state index is -1.33. The van der Waals surface area contributed by atoms with Gasteiger partial charge in [-0.3, -0.25) is 9.59 Å². The van der Waals surface area contributed by atoms with Gasteiger partial charge < -0.3 is 19.9 Å². The predicted molar refractivity (Wildman–Crippen MR) is 85.6 cm³/mol. The maximum atomic E-state index is 11.7. The van der Waals surface area contributed by atoms with Crippen LogP contribution in [-0.4, -0.2) is 54.2 Å². The molecule has 2 N–H and O–H groups in total. The molecular formula is C15H23N2O7+. The number of esters is 1. The van der Waals surface area contributed by atoms with E-state index in [0.717, 1.165) is 6.21 Å². The van der Waals surface area contributed by atoms with Crippen LogP contribution in [0.5, 0.6) is 0 Å². The molecule has 1 unspecified atom stereocenters. The van der Waals surface area contributed by atoms with E-state index in [4.69, 9.17) is 14.6 Å². The Labute approximate surface area is 139 Å². The third-order valence-electron chi connectivity index (χ3n) is 2.66. The van der Waals surface area contributed by atoms with Crippen LogP contribution in [-0.2, 0) is 23.9 Å². The maximum absolute atomic E-state index is 11.7. The molecule has 0 spiro atoms. The Morgan fingerprint density at radius 1 is 1.25 bits per heavy atom. The second kappa shape index (κ2) is 9.46. The van der Waals surface area contributed by atoms with Crippen LogP contribution in [0.1, 0.15) is 40.5 Å². The van der Waals surface area contributed by atoms with Crippen LogP contribution in [0.3, 0.4) is 0 Å². The number of nitrogens with one attached hydrogen (secondary N) is 1. The molecule has 0 saturated carbocycles. The van der Waals surface area contributed by atoms with Crippen molar-refractivity contribution in [2.24, 2.45) is 5.41 Å². The molecule has 1 amide bonds. The van der Waals surface area contributed by atoms with E-state index >= 15 is 0 Å². The number of alkyl carbamates (subject to hydrolysis) is 1. The van der Waals surface area contributed by atoms with E-state index in [1.165, 1.54) is 6.92 Å². The topological polar surface area (TPSA) is 133 Å². The number of nitrogens with zero attached hydrogens (tertiary/aromatic N) is 1. The highest BCUT2D eigenvalue weighted by Crippen LogP contribution is 2.16. The van der Waals surface area contributed by atoms with E-state index in [0.29, 0.717) is 0 Å². The average Bonchev–Trinajstić information content (AvgIpc) is 2.41. The van der Waals surface area contributed by atoms with Crippen molar-refractivity contribution in [2.45, 2.75) is 52.9 Å². The molecule has 0 bridgehead atoms. The number of hydrogen-bond acceptors (Lipinski definition) is 6. The fourth-order valence-electron chi connectivity index (χ4n) is 1.39. The van der Waals surface area contributed by atoms with Gasteiger partial charge in [-0.1, -0.05) is 0 Å². The van der Waals surface area contributed by atoms with Crippen LogP contribution in [0.4, 0.5) is 4.79 Å². The molecule has 134 valence electrons. The summed E-state index contributed by atoms with van der Waals surface area (Å²) in [5, 5.41) is 11.1. The van der Waals surface area contributed by atoms with Crippen molar-refractivity contribution in [2.75, 3.05) is 0 Å². The predicted octanol–water partition coefficient (Wildman–Crippen LogP) is 0.289. The molecule has 0 aromatic rings. The van der Waals surface area contributed by atoms with Crippen molar-refractivity contribution in [3.8, 4) is 0 Å². The summed E-state index contributed by atoms with van der Waals surface area (Å²) in [4.78, 5) is 45.7. The number of carboxylic acid groups (broad SMARTS) is 1. The lowest BCUT2D eigenvalue weighted by Crippen LogP contribution is -2.43. The molecule has 0 aromatic carbocycles. The van der Waals surface area contributed by atoms with E-state index < -0.39 is 41.6 Å². The van der Waals surface area contributed by atoms with Crippen molar-refractivity contribution in [3.63, 3.8) is 0 Å². The number of amides is 1. The zero-order chi connectivity index (χ0) is 18.9. The van der Waals surface area contributed by atoms with Crippen LogP contribution in [0.15, 0.2) is 0 Å². The SMILES string of the molecule is C=[N+]=CC(=O)CC[C@H](NC(=O)OC(C)OC(=O)C(C)(C)C)C(=O)O. The first-order chi connectivity index (χ1) is 11.0. The number of carboxylic acids is 1. The number of hydrogen-bond donors (Lipinski definition) is 2. The zero-order valence-electron chi connectivity index (χ0n) is 14.2. The van der Waals surface area contributed by atoms with E-state index in [-0.39, 0.29) is 12.8 Å². The molecule has 0 radical (unpaired) electrons. The van der Waals surface area contributed by atoms with Crippen LogP contribution >= 0.6 is 0 Å². The van der Waals surface area contributed by atoms with Gasteiger partial charge in [0.1, 0.15) is 6.04 Å². The van der Waals surface area contributed by atoms with E-state index in [1.807, 2.05) is 0 Å². The Hall–Kier alpha value is -2.67. The third kappa shape index (κ3) is 8.70. The van der Waals surface area contributed by atoms with Crippen LogP contribution < -0.4 is 9.98 Å². The number of rotatable bonds is 8. The Morgan fingerprint density at radius 2 is 1.83 bits per heavy atom. The standard InChI is InChI=1S/C15H22N2O7/c1-9(23-13(21)15(2,3)4)24-14(22)17-11(12(19)20)7-6-10(18)8-16-5/h8-9,11H,5-7H2,1-4H3,(H-,17,19,20,22)/p+1/t9?,11-/m0/s1. The summed E-state index contributed by atoms with van der Waals surface area (Å²) in [5.41, 5.74) is -0.770. The van der Waals surface area contributed by atoms with Crippen LogP contribution in [0.25, 0.3) is 0 Å².